The lowest BCUT2D eigenvalue weighted by molar-refractivity contribution is -0.131. The van der Waals surface area contributed by atoms with Crippen molar-refractivity contribution in [3.63, 3.8) is 0 Å². The monoisotopic (exact) mass is 366 g/mol. The predicted molar refractivity (Wildman–Crippen MR) is 100.0 cm³/mol. The third-order valence-corrected chi connectivity index (χ3v) is 4.80. The average Bonchev–Trinajstić information content (AvgIpc) is 2.92. The van der Waals surface area contributed by atoms with Gasteiger partial charge in [0, 0.05) is 18.5 Å². The zero-order valence-electron chi connectivity index (χ0n) is 14.3. The van der Waals surface area contributed by atoms with E-state index in [1.54, 1.807) is 4.90 Å². The van der Waals surface area contributed by atoms with Crippen molar-refractivity contribution in [2.24, 2.45) is 0 Å². The summed E-state index contributed by atoms with van der Waals surface area (Å²) in [4.78, 5) is 17.0. The Hall–Kier alpha value is -1.56. The molecule has 1 amide bonds. The lowest BCUT2D eigenvalue weighted by Gasteiger charge is -2.21. The van der Waals surface area contributed by atoms with Crippen molar-refractivity contribution in [2.75, 3.05) is 33.8 Å². The molecule has 0 unspecified atom stereocenters. The molecule has 0 saturated heterocycles. The van der Waals surface area contributed by atoms with Gasteiger partial charge in [-0.15, -0.1) is 11.3 Å². The molecule has 2 rings (SSSR count). The summed E-state index contributed by atoms with van der Waals surface area (Å²) in [7, 11) is 3.74. The fourth-order valence-corrected chi connectivity index (χ4v) is 3.35. The van der Waals surface area contributed by atoms with E-state index in [1.807, 2.05) is 62.3 Å². The largest absolute Gasteiger partial charge is 0.492 e. The molecule has 0 aliphatic carbocycles. The topological polar surface area (TPSA) is 32.8 Å². The molecule has 1 aromatic heterocycles. The van der Waals surface area contributed by atoms with Gasteiger partial charge in [0.1, 0.15) is 12.4 Å². The fourth-order valence-electron chi connectivity index (χ4n) is 2.21. The molecule has 0 bridgehead atoms. The number of rotatable bonds is 8. The fraction of sp³-hybridized carbons (Fsp3) is 0.389. The van der Waals surface area contributed by atoms with Crippen LogP contribution in [0.15, 0.2) is 36.4 Å². The summed E-state index contributed by atoms with van der Waals surface area (Å²) in [6.07, 6.45) is 0. The van der Waals surface area contributed by atoms with Crippen LogP contribution in [0.3, 0.4) is 0 Å². The van der Waals surface area contributed by atoms with Gasteiger partial charge in [-0.3, -0.25) is 9.69 Å². The molecule has 0 N–H and O–H groups in total. The summed E-state index contributed by atoms with van der Waals surface area (Å²) >= 11 is 7.42. The van der Waals surface area contributed by atoms with Crippen LogP contribution >= 0.6 is 22.9 Å². The van der Waals surface area contributed by atoms with Gasteiger partial charge in [0.25, 0.3) is 0 Å². The number of carbonyl (C=O) groups excluding carboxylic acids is 1. The summed E-state index contributed by atoms with van der Waals surface area (Å²) in [5.41, 5.74) is 1.17. The number of thiophene rings is 1. The molecule has 0 atom stereocenters. The number of benzene rings is 1. The Morgan fingerprint density at radius 1 is 1.25 bits per heavy atom. The molecule has 0 fully saturated rings. The molecular formula is C18H23ClN2O2S. The number of likely N-dealkylation sites (N-methyl/N-ethyl adjacent to an activating group) is 2. The van der Waals surface area contributed by atoms with Crippen LogP contribution in [0.25, 0.3) is 0 Å². The van der Waals surface area contributed by atoms with E-state index in [4.69, 9.17) is 16.3 Å². The summed E-state index contributed by atoms with van der Waals surface area (Å²) in [5.74, 6) is 0.944. The highest BCUT2D eigenvalue weighted by molar-refractivity contribution is 7.16. The van der Waals surface area contributed by atoms with Crippen LogP contribution in [0, 0.1) is 6.92 Å². The molecule has 0 radical (unpaired) electrons. The highest BCUT2D eigenvalue weighted by Crippen LogP contribution is 2.22. The molecule has 130 valence electrons. The maximum atomic E-state index is 12.3. The summed E-state index contributed by atoms with van der Waals surface area (Å²) in [6, 6.07) is 11.8. The minimum absolute atomic E-state index is 0.0811. The second-order valence-corrected chi connectivity index (χ2v) is 7.66. The number of amides is 1. The molecular weight excluding hydrogens is 344 g/mol. The van der Waals surface area contributed by atoms with Crippen LogP contribution in [0.2, 0.25) is 4.34 Å². The third kappa shape index (κ3) is 6.15. The van der Waals surface area contributed by atoms with Crippen molar-refractivity contribution >= 4 is 28.8 Å². The number of nitrogens with zero attached hydrogens (tertiary/aromatic N) is 2. The SMILES string of the molecule is Cc1cccc(OCCN(C)CC(=O)N(C)Cc2ccc(Cl)s2)c1. The van der Waals surface area contributed by atoms with E-state index in [9.17, 15) is 4.79 Å². The summed E-state index contributed by atoms with van der Waals surface area (Å²) in [5, 5.41) is 0. The maximum Gasteiger partial charge on any atom is 0.236 e. The number of hydrogen-bond acceptors (Lipinski definition) is 4. The quantitative estimate of drug-likeness (QED) is 0.714. The smallest absolute Gasteiger partial charge is 0.236 e. The molecule has 0 aliphatic heterocycles. The Labute approximate surface area is 152 Å². The molecule has 4 nitrogen and oxygen atoms in total. The first kappa shape index (κ1) is 18.8. The first-order chi connectivity index (χ1) is 11.4. The van der Waals surface area contributed by atoms with Crippen LogP contribution in [-0.4, -0.2) is 49.5 Å². The third-order valence-electron chi connectivity index (χ3n) is 3.58. The molecule has 2 aromatic rings. The normalized spacial score (nSPS) is 10.9. The van der Waals surface area contributed by atoms with Crippen LogP contribution < -0.4 is 4.74 Å². The molecule has 24 heavy (non-hydrogen) atoms. The Balaban J connectivity index is 1.70. The van der Waals surface area contributed by atoms with Crippen molar-refractivity contribution in [2.45, 2.75) is 13.5 Å². The van der Waals surface area contributed by atoms with Crippen LogP contribution in [0.1, 0.15) is 10.4 Å². The minimum Gasteiger partial charge on any atom is -0.492 e. The van der Waals surface area contributed by atoms with Gasteiger partial charge in [-0.25, -0.2) is 0 Å². The summed E-state index contributed by atoms with van der Waals surface area (Å²) < 4.78 is 6.46. The van der Waals surface area contributed by atoms with Crippen molar-refractivity contribution in [1.82, 2.24) is 9.80 Å². The van der Waals surface area contributed by atoms with E-state index in [2.05, 4.69) is 0 Å². The molecule has 6 heteroatoms. The van der Waals surface area contributed by atoms with Crippen LogP contribution in [-0.2, 0) is 11.3 Å². The minimum atomic E-state index is 0.0811. The van der Waals surface area contributed by atoms with Gasteiger partial charge in [-0.1, -0.05) is 23.7 Å². The van der Waals surface area contributed by atoms with E-state index in [1.165, 1.54) is 16.9 Å². The number of carbonyl (C=O) groups is 1. The molecule has 1 aromatic carbocycles. The molecule has 0 spiro atoms. The second kappa shape index (κ2) is 9.06. The Morgan fingerprint density at radius 2 is 2.04 bits per heavy atom. The lowest BCUT2D eigenvalue weighted by Crippen LogP contribution is -2.37. The summed E-state index contributed by atoms with van der Waals surface area (Å²) in [6.45, 7) is 4.24. The Bertz CT molecular complexity index is 675. The van der Waals surface area contributed by atoms with Crippen LogP contribution in [0.5, 0.6) is 5.75 Å². The standard InChI is InChI=1S/C18H23ClN2O2S/c1-14-5-4-6-15(11-14)23-10-9-20(2)13-18(22)21(3)12-16-7-8-17(19)24-16/h4-8,11H,9-10,12-13H2,1-3H3. The van der Waals surface area contributed by atoms with Gasteiger partial charge in [-0.05, 0) is 43.8 Å². The first-order valence-corrected chi connectivity index (χ1v) is 8.99. The number of halogens is 1. The van der Waals surface area contributed by atoms with Crippen molar-refractivity contribution < 1.29 is 9.53 Å². The molecule has 1 heterocycles. The lowest BCUT2D eigenvalue weighted by atomic mass is 10.2. The number of hydrogen-bond donors (Lipinski definition) is 0. The van der Waals surface area contributed by atoms with Gasteiger partial charge < -0.3 is 9.64 Å². The number of aryl methyl sites for hydroxylation is 1. The maximum absolute atomic E-state index is 12.3. The van der Waals surface area contributed by atoms with Gasteiger partial charge in [0.2, 0.25) is 5.91 Å². The second-order valence-electron chi connectivity index (χ2n) is 5.86. The van der Waals surface area contributed by atoms with Gasteiger partial charge >= 0.3 is 0 Å². The van der Waals surface area contributed by atoms with Crippen molar-refractivity contribution in [3.8, 4) is 5.75 Å². The molecule has 0 aliphatic rings. The predicted octanol–water partition coefficient (Wildman–Crippen LogP) is 3.68. The highest BCUT2D eigenvalue weighted by atomic mass is 35.5. The Morgan fingerprint density at radius 3 is 2.71 bits per heavy atom. The highest BCUT2D eigenvalue weighted by Gasteiger charge is 2.13. The van der Waals surface area contributed by atoms with Gasteiger partial charge in [-0.2, -0.15) is 0 Å². The van der Waals surface area contributed by atoms with E-state index in [-0.39, 0.29) is 5.91 Å². The van der Waals surface area contributed by atoms with E-state index in [0.29, 0.717) is 26.2 Å². The average molecular weight is 367 g/mol. The number of ether oxygens (including phenoxy) is 1. The van der Waals surface area contributed by atoms with Gasteiger partial charge in [0.15, 0.2) is 0 Å². The van der Waals surface area contributed by atoms with Crippen LogP contribution in [0.4, 0.5) is 0 Å². The van der Waals surface area contributed by atoms with E-state index in [0.717, 1.165) is 15.0 Å². The van der Waals surface area contributed by atoms with Crippen molar-refractivity contribution in [3.05, 3.63) is 51.2 Å². The van der Waals surface area contributed by atoms with E-state index < -0.39 is 0 Å². The van der Waals surface area contributed by atoms with E-state index >= 15 is 0 Å². The zero-order chi connectivity index (χ0) is 17.5. The Kier molecular flexibility index (Phi) is 7.09. The van der Waals surface area contributed by atoms with Crippen molar-refractivity contribution in [1.29, 1.82) is 0 Å². The zero-order valence-corrected chi connectivity index (χ0v) is 15.9. The molecule has 0 saturated carbocycles. The van der Waals surface area contributed by atoms with Gasteiger partial charge in [0.05, 0.1) is 17.4 Å². The first-order valence-electron chi connectivity index (χ1n) is 7.80.